The molecule has 0 saturated carbocycles. The number of hydrogen-bond acceptors (Lipinski definition) is 8. The van der Waals surface area contributed by atoms with Gasteiger partial charge in [0, 0.05) is 18.5 Å². The standard InChI is InChI=1S/C11H15NO10P2.2Na/c13-10(7-1-2-8-9(5-7)22-6-21-8)12-4-3-11(14,23(15,16)17)24(18,19)20;;/h1-2,5,14H,3-4,6H2,(H,12,13)(H2,15,16,17)(H2,18,19,20);;/q;2*+1/p-2. The van der Waals surface area contributed by atoms with Gasteiger partial charge < -0.3 is 48.6 Å². The first-order chi connectivity index (χ1) is 11.0. The van der Waals surface area contributed by atoms with Gasteiger partial charge in [-0.15, -0.1) is 0 Å². The predicted octanol–water partition coefficient (Wildman–Crippen LogP) is -7.72. The van der Waals surface area contributed by atoms with Crippen LogP contribution in [-0.2, 0) is 9.13 Å². The minimum Gasteiger partial charge on any atom is -0.776 e. The number of carbonyl (C=O) groups is 1. The van der Waals surface area contributed by atoms with E-state index in [9.17, 15) is 28.8 Å². The number of nitrogens with one attached hydrogen (secondary N) is 1. The van der Waals surface area contributed by atoms with Crippen molar-refractivity contribution in [3.63, 3.8) is 0 Å². The Hall–Kier alpha value is 0.550. The van der Waals surface area contributed by atoms with E-state index in [0.717, 1.165) is 0 Å². The third-order valence-electron chi connectivity index (χ3n) is 3.29. The number of fused-ring (bicyclic) bond motifs is 1. The van der Waals surface area contributed by atoms with Gasteiger partial charge in [0.15, 0.2) is 31.8 Å². The van der Waals surface area contributed by atoms with E-state index in [1.165, 1.54) is 18.2 Å². The summed E-state index contributed by atoms with van der Waals surface area (Å²) in [5, 5.41) is 7.92. The topological polar surface area (TPSA) is 189 Å². The molecule has 0 spiro atoms. The summed E-state index contributed by atoms with van der Waals surface area (Å²) in [4.78, 5) is 51.7. The zero-order chi connectivity index (χ0) is 18.2. The Morgan fingerprint density at radius 3 is 2.23 bits per heavy atom. The summed E-state index contributed by atoms with van der Waals surface area (Å²) in [6.45, 7) is -0.665. The van der Waals surface area contributed by atoms with E-state index in [2.05, 4.69) is 5.32 Å². The number of carbonyl (C=O) groups excluding carboxylic acids is 1. The summed E-state index contributed by atoms with van der Waals surface area (Å²) < 4.78 is 32.2. The first-order valence-corrected chi connectivity index (χ1v) is 9.59. The van der Waals surface area contributed by atoms with Crippen LogP contribution in [-0.4, -0.2) is 39.2 Å². The van der Waals surface area contributed by atoms with Crippen molar-refractivity contribution in [3.8, 4) is 11.5 Å². The van der Waals surface area contributed by atoms with Gasteiger partial charge in [0.25, 0.3) is 5.91 Å². The summed E-state index contributed by atoms with van der Waals surface area (Å²) in [5.41, 5.74) is 0.103. The second kappa shape index (κ2) is 9.84. The van der Waals surface area contributed by atoms with Crippen LogP contribution in [0.2, 0.25) is 0 Å². The summed E-state index contributed by atoms with van der Waals surface area (Å²) >= 11 is 0. The summed E-state index contributed by atoms with van der Waals surface area (Å²) in [5.74, 6) is 0.0204. The maximum atomic E-state index is 11.9. The largest absolute Gasteiger partial charge is 1.00 e. The van der Waals surface area contributed by atoms with Crippen molar-refractivity contribution in [1.29, 1.82) is 0 Å². The van der Waals surface area contributed by atoms with E-state index in [4.69, 9.17) is 19.3 Å². The number of hydrogen-bond donors (Lipinski definition) is 4. The van der Waals surface area contributed by atoms with Crippen molar-refractivity contribution in [2.45, 2.75) is 11.5 Å². The number of benzene rings is 1. The number of amides is 1. The molecule has 0 aromatic heterocycles. The van der Waals surface area contributed by atoms with Gasteiger partial charge in [0.2, 0.25) is 6.79 Å². The van der Waals surface area contributed by atoms with Gasteiger partial charge in [0.05, 0.1) is 0 Å². The molecule has 11 nitrogen and oxygen atoms in total. The van der Waals surface area contributed by atoms with Gasteiger partial charge in [-0.05, 0) is 18.2 Å². The van der Waals surface area contributed by atoms with Gasteiger partial charge in [-0.2, -0.15) is 0 Å². The molecule has 2 unspecified atom stereocenters. The van der Waals surface area contributed by atoms with Crippen molar-refractivity contribution >= 4 is 21.1 Å². The molecule has 1 amide bonds. The molecule has 1 aromatic rings. The molecule has 1 aliphatic heterocycles. The summed E-state index contributed by atoms with van der Waals surface area (Å²) in [7, 11) is -11.7. The van der Waals surface area contributed by atoms with Crippen LogP contribution in [0.25, 0.3) is 0 Å². The van der Waals surface area contributed by atoms with Gasteiger partial charge in [-0.1, -0.05) is 0 Å². The fourth-order valence-corrected chi connectivity index (χ4v) is 3.99. The van der Waals surface area contributed by atoms with Crippen LogP contribution in [0.4, 0.5) is 0 Å². The SMILES string of the molecule is O=C(NCCC(O)(P(=O)([O-])O)P(=O)([O-])O)c1ccc2c(c1)OCO2.[Na+].[Na+]. The first-order valence-electron chi connectivity index (χ1n) is 6.44. The van der Waals surface area contributed by atoms with Gasteiger partial charge in [0.1, 0.15) is 0 Å². The molecule has 134 valence electrons. The Bertz CT molecular complexity index is 726. The van der Waals surface area contributed by atoms with E-state index in [0.29, 0.717) is 11.5 Å². The average molecular weight is 427 g/mol. The molecule has 4 N–H and O–H groups in total. The molecule has 2 rings (SSSR count). The van der Waals surface area contributed by atoms with Crippen LogP contribution in [0.3, 0.4) is 0 Å². The quantitative estimate of drug-likeness (QED) is 0.251. The Morgan fingerprint density at radius 2 is 1.69 bits per heavy atom. The van der Waals surface area contributed by atoms with Crippen LogP contribution >= 0.6 is 15.2 Å². The zero-order valence-electron chi connectivity index (χ0n) is 13.9. The van der Waals surface area contributed by atoms with Crippen molar-refractivity contribution < 1.29 is 107 Å². The summed E-state index contributed by atoms with van der Waals surface area (Å²) in [6, 6.07) is 4.19. The minimum absolute atomic E-state index is 0. The maximum absolute atomic E-state index is 11.9. The second-order valence-corrected chi connectivity index (χ2v) is 8.80. The van der Waals surface area contributed by atoms with Crippen molar-refractivity contribution in [1.82, 2.24) is 5.32 Å². The summed E-state index contributed by atoms with van der Waals surface area (Å²) in [6.07, 6.45) is -1.17. The number of rotatable bonds is 6. The fraction of sp³-hybridized carbons (Fsp3) is 0.364. The van der Waals surface area contributed by atoms with E-state index in [1.54, 1.807) is 0 Å². The minimum atomic E-state index is -5.86. The predicted molar refractivity (Wildman–Crippen MR) is 74.1 cm³/mol. The van der Waals surface area contributed by atoms with E-state index < -0.39 is 39.1 Å². The Labute approximate surface area is 192 Å². The Balaban J connectivity index is 0.00000312. The molecule has 0 saturated heterocycles. The third kappa shape index (κ3) is 5.78. The molecule has 0 bridgehead atoms. The van der Waals surface area contributed by atoms with Gasteiger partial charge in [-0.25, -0.2) is 0 Å². The smallest absolute Gasteiger partial charge is 0.776 e. The first kappa shape index (κ1) is 26.6. The normalized spacial score (nSPS) is 19.0. The molecule has 1 aliphatic rings. The third-order valence-corrected chi connectivity index (χ3v) is 7.06. The molecular weight excluding hydrogens is 414 g/mol. The molecule has 1 heterocycles. The van der Waals surface area contributed by atoms with Crippen molar-refractivity contribution in [3.05, 3.63) is 23.8 Å². The van der Waals surface area contributed by atoms with Crippen molar-refractivity contribution in [2.24, 2.45) is 0 Å². The average Bonchev–Trinajstić information content (AvgIpc) is 2.91. The van der Waals surface area contributed by atoms with Crippen LogP contribution in [0.15, 0.2) is 18.2 Å². The zero-order valence-corrected chi connectivity index (χ0v) is 19.7. The molecular formula is C11H13NNa2O10P2. The second-order valence-electron chi connectivity index (χ2n) is 4.89. The molecule has 1 aromatic carbocycles. The van der Waals surface area contributed by atoms with E-state index in [-0.39, 0.29) is 71.5 Å². The monoisotopic (exact) mass is 427 g/mol. The van der Waals surface area contributed by atoms with Gasteiger partial charge in [-0.3, -0.25) is 4.79 Å². The molecule has 0 fully saturated rings. The maximum Gasteiger partial charge on any atom is 1.00 e. The van der Waals surface area contributed by atoms with Crippen LogP contribution in [0.1, 0.15) is 16.8 Å². The van der Waals surface area contributed by atoms with E-state index >= 15 is 0 Å². The fourth-order valence-electron chi connectivity index (χ4n) is 1.93. The van der Waals surface area contributed by atoms with Crippen LogP contribution in [0, 0.1) is 0 Å². The van der Waals surface area contributed by atoms with E-state index in [1.807, 2.05) is 0 Å². The number of aliphatic hydroxyl groups is 1. The van der Waals surface area contributed by atoms with Gasteiger partial charge >= 0.3 is 59.1 Å². The Morgan fingerprint density at radius 1 is 1.15 bits per heavy atom. The molecule has 15 heteroatoms. The van der Waals surface area contributed by atoms with Crippen LogP contribution in [0.5, 0.6) is 11.5 Å². The van der Waals surface area contributed by atoms with Crippen LogP contribution < -0.4 is 83.7 Å². The molecule has 26 heavy (non-hydrogen) atoms. The molecule has 0 radical (unpaired) electrons. The Kier molecular flexibility index (Phi) is 10.1. The van der Waals surface area contributed by atoms with Crippen molar-refractivity contribution in [2.75, 3.05) is 13.3 Å². The number of ether oxygens (including phenoxy) is 2. The molecule has 2 atom stereocenters. The molecule has 0 aliphatic carbocycles.